The minimum atomic E-state index is 0.196. The van der Waals surface area contributed by atoms with Crippen molar-refractivity contribution in [3.05, 3.63) is 53.9 Å². The Morgan fingerprint density at radius 2 is 2.22 bits per heavy atom. The molecule has 0 radical (unpaired) electrons. The van der Waals surface area contributed by atoms with Crippen molar-refractivity contribution in [2.24, 2.45) is 5.73 Å². The van der Waals surface area contributed by atoms with Crippen molar-refractivity contribution in [3.8, 4) is 11.1 Å². The van der Waals surface area contributed by atoms with E-state index in [-0.39, 0.29) is 6.04 Å². The number of nitrogens with two attached hydrogens (primary N) is 1. The van der Waals surface area contributed by atoms with Crippen molar-refractivity contribution in [2.75, 3.05) is 30.0 Å². The summed E-state index contributed by atoms with van der Waals surface area (Å²) in [4.78, 5) is 10.5. The van der Waals surface area contributed by atoms with Gasteiger partial charge in [0, 0.05) is 42.5 Å². The number of nitrogens with zero attached hydrogens (tertiary/aromatic N) is 3. The van der Waals surface area contributed by atoms with Crippen LogP contribution in [0.5, 0.6) is 0 Å². The van der Waals surface area contributed by atoms with Gasteiger partial charge in [-0.3, -0.25) is 5.10 Å². The van der Waals surface area contributed by atoms with Gasteiger partial charge in [0.1, 0.15) is 17.5 Å². The number of rotatable bonds is 6. The lowest BCUT2D eigenvalue weighted by Crippen LogP contribution is -2.44. The average molecular weight is 431 g/mol. The molecule has 0 saturated carbocycles. The van der Waals surface area contributed by atoms with E-state index in [0.717, 1.165) is 40.0 Å². The fourth-order valence-corrected chi connectivity index (χ4v) is 4.29. The van der Waals surface area contributed by atoms with Crippen molar-refractivity contribution in [1.82, 2.24) is 20.2 Å². The third-order valence-electron chi connectivity index (χ3n) is 5.92. The molecule has 9 nitrogen and oxygen atoms in total. The third-order valence-corrected chi connectivity index (χ3v) is 5.92. The highest BCUT2D eigenvalue weighted by molar-refractivity contribution is 6.04. The smallest absolute Gasteiger partial charge is 0.143 e. The van der Waals surface area contributed by atoms with E-state index >= 15 is 0 Å². The van der Waals surface area contributed by atoms with Crippen LogP contribution in [0.1, 0.15) is 18.1 Å². The van der Waals surface area contributed by atoms with Gasteiger partial charge in [0.2, 0.25) is 0 Å². The molecule has 1 atom stereocenters. The minimum Gasteiger partial charge on any atom is -0.377 e. The number of benzene rings is 1. The van der Waals surface area contributed by atoms with Crippen LogP contribution in [0, 0.1) is 5.41 Å². The summed E-state index contributed by atoms with van der Waals surface area (Å²) >= 11 is 0. The SMILES string of the molecule is C[C@@H]1COCCN1c1cc(-c2ccc(CN)c3[nH]ccc23)c(C=N)c(Nc2ccn[nH]2)n1. The molecule has 5 rings (SSSR count). The van der Waals surface area contributed by atoms with Crippen LogP contribution in [-0.2, 0) is 11.3 Å². The largest absolute Gasteiger partial charge is 0.377 e. The number of nitrogens with one attached hydrogen (secondary N) is 4. The summed E-state index contributed by atoms with van der Waals surface area (Å²) in [6, 6.07) is 10.3. The van der Waals surface area contributed by atoms with Gasteiger partial charge in [0.15, 0.2) is 0 Å². The number of hydrogen-bond donors (Lipinski definition) is 5. The molecule has 0 amide bonds. The van der Waals surface area contributed by atoms with Crippen LogP contribution in [-0.4, -0.2) is 52.2 Å². The predicted octanol–water partition coefficient (Wildman–Crippen LogP) is 3.38. The highest BCUT2D eigenvalue weighted by atomic mass is 16.5. The molecule has 0 aliphatic carbocycles. The Labute approximate surface area is 185 Å². The first-order chi connectivity index (χ1) is 15.7. The zero-order valence-corrected chi connectivity index (χ0v) is 17.9. The van der Waals surface area contributed by atoms with E-state index in [0.29, 0.717) is 37.0 Å². The Morgan fingerprint density at radius 3 is 2.97 bits per heavy atom. The number of fused-ring (bicyclic) bond motifs is 1. The Kier molecular flexibility index (Phi) is 5.34. The van der Waals surface area contributed by atoms with Crippen LogP contribution in [0.4, 0.5) is 17.5 Å². The van der Waals surface area contributed by atoms with Crippen molar-refractivity contribution < 1.29 is 4.74 Å². The lowest BCUT2D eigenvalue weighted by atomic mass is 9.95. The van der Waals surface area contributed by atoms with Crippen molar-refractivity contribution in [1.29, 1.82) is 5.41 Å². The number of pyridine rings is 1. The molecule has 4 heterocycles. The maximum atomic E-state index is 8.22. The van der Waals surface area contributed by atoms with Crippen LogP contribution in [0.3, 0.4) is 0 Å². The van der Waals surface area contributed by atoms with Crippen LogP contribution < -0.4 is 16.0 Å². The zero-order chi connectivity index (χ0) is 22.1. The number of morpholine rings is 1. The molecule has 1 aliphatic rings. The van der Waals surface area contributed by atoms with E-state index in [1.807, 2.05) is 18.3 Å². The topological polar surface area (TPSA) is 132 Å². The molecule has 6 N–H and O–H groups in total. The van der Waals surface area contributed by atoms with Gasteiger partial charge in [0.05, 0.1) is 31.0 Å². The normalized spacial score (nSPS) is 16.4. The van der Waals surface area contributed by atoms with Crippen molar-refractivity contribution >= 4 is 34.6 Å². The molecule has 0 unspecified atom stereocenters. The second-order valence-electron chi connectivity index (χ2n) is 7.89. The van der Waals surface area contributed by atoms with E-state index in [9.17, 15) is 0 Å². The molecular formula is C23H26N8O. The van der Waals surface area contributed by atoms with Crippen LogP contribution >= 0.6 is 0 Å². The first-order valence-electron chi connectivity index (χ1n) is 10.6. The average Bonchev–Trinajstić information content (AvgIpc) is 3.50. The third kappa shape index (κ3) is 3.51. The van der Waals surface area contributed by atoms with E-state index in [2.05, 4.69) is 50.5 Å². The Balaban J connectivity index is 1.73. The number of ether oxygens (including phenoxy) is 1. The molecule has 1 saturated heterocycles. The molecular weight excluding hydrogens is 404 g/mol. The first kappa shape index (κ1) is 20.2. The highest BCUT2D eigenvalue weighted by Crippen LogP contribution is 2.37. The molecule has 1 aliphatic heterocycles. The molecule has 1 aromatic carbocycles. The van der Waals surface area contributed by atoms with E-state index < -0.39 is 0 Å². The highest BCUT2D eigenvalue weighted by Gasteiger charge is 2.24. The Bertz CT molecular complexity index is 1250. The molecule has 3 aromatic heterocycles. The number of aromatic amines is 2. The summed E-state index contributed by atoms with van der Waals surface area (Å²) in [6.07, 6.45) is 4.95. The summed E-state index contributed by atoms with van der Waals surface area (Å²) in [6.45, 7) is 4.65. The fourth-order valence-electron chi connectivity index (χ4n) is 4.29. The maximum absolute atomic E-state index is 8.22. The molecule has 4 aromatic rings. The monoisotopic (exact) mass is 430 g/mol. The quantitative estimate of drug-likeness (QED) is 0.298. The summed E-state index contributed by atoms with van der Waals surface area (Å²) in [5.41, 5.74) is 10.7. The molecule has 1 fully saturated rings. The van der Waals surface area contributed by atoms with Gasteiger partial charge in [-0.1, -0.05) is 12.1 Å². The summed E-state index contributed by atoms with van der Waals surface area (Å²) in [5.74, 6) is 2.15. The fraction of sp³-hybridized carbons (Fsp3) is 0.261. The number of hydrogen-bond acceptors (Lipinski definition) is 7. The molecule has 32 heavy (non-hydrogen) atoms. The van der Waals surface area contributed by atoms with Crippen molar-refractivity contribution in [3.63, 3.8) is 0 Å². The number of H-pyrrole nitrogens is 2. The second kappa shape index (κ2) is 8.45. The molecule has 9 heteroatoms. The Morgan fingerprint density at radius 1 is 1.31 bits per heavy atom. The molecule has 0 bridgehead atoms. The van der Waals surface area contributed by atoms with Crippen molar-refractivity contribution in [2.45, 2.75) is 19.5 Å². The van der Waals surface area contributed by atoms with E-state index in [1.54, 1.807) is 6.20 Å². The zero-order valence-electron chi connectivity index (χ0n) is 17.9. The predicted molar refractivity (Wildman–Crippen MR) is 127 cm³/mol. The summed E-state index contributed by atoms with van der Waals surface area (Å²) in [5, 5.41) is 19.5. The first-order valence-corrected chi connectivity index (χ1v) is 10.6. The number of aromatic nitrogens is 4. The lowest BCUT2D eigenvalue weighted by Gasteiger charge is -2.35. The maximum Gasteiger partial charge on any atom is 0.143 e. The van der Waals surface area contributed by atoms with Gasteiger partial charge in [-0.2, -0.15) is 5.10 Å². The minimum absolute atomic E-state index is 0.196. The van der Waals surface area contributed by atoms with Crippen LogP contribution in [0.25, 0.3) is 22.0 Å². The van der Waals surface area contributed by atoms with Crippen LogP contribution in [0.15, 0.2) is 42.7 Å². The molecule has 164 valence electrons. The summed E-state index contributed by atoms with van der Waals surface area (Å²) in [7, 11) is 0. The van der Waals surface area contributed by atoms with Crippen LogP contribution in [0.2, 0.25) is 0 Å². The standard InChI is InChI=1S/C23H26N8O/c1-14-13-32-9-8-31(14)21-10-18(16-3-2-15(11-24)22-17(16)4-6-26-22)19(12-25)23(29-21)28-20-5-7-27-30-20/h2-7,10,12,14,25-26H,8-9,11,13,24H2,1H3,(H2,27,28,29,30)/t14-/m1/s1. The second-order valence-corrected chi connectivity index (χ2v) is 7.89. The van der Waals surface area contributed by atoms with Gasteiger partial charge in [0.25, 0.3) is 0 Å². The Hall–Kier alpha value is -3.69. The molecule has 0 spiro atoms. The van der Waals surface area contributed by atoms with E-state index in [4.69, 9.17) is 20.9 Å². The lowest BCUT2D eigenvalue weighted by molar-refractivity contribution is 0.0985. The van der Waals surface area contributed by atoms with Gasteiger partial charge in [-0.25, -0.2) is 4.98 Å². The van der Waals surface area contributed by atoms with Gasteiger partial charge < -0.3 is 31.1 Å². The van der Waals surface area contributed by atoms with Gasteiger partial charge in [-0.05, 0) is 35.7 Å². The number of anilines is 3. The van der Waals surface area contributed by atoms with Gasteiger partial charge in [-0.15, -0.1) is 0 Å². The van der Waals surface area contributed by atoms with Gasteiger partial charge >= 0.3 is 0 Å². The summed E-state index contributed by atoms with van der Waals surface area (Å²) < 4.78 is 5.63. The van der Waals surface area contributed by atoms with E-state index in [1.165, 1.54) is 6.21 Å².